The zero-order valence-corrected chi connectivity index (χ0v) is 22.0. The molecule has 0 unspecified atom stereocenters. The highest BCUT2D eigenvalue weighted by Gasteiger charge is 2.45. The highest BCUT2D eigenvalue weighted by Crippen LogP contribution is 2.32. The second kappa shape index (κ2) is 14.4. The maximum absolute atomic E-state index is 12.2. The van der Waals surface area contributed by atoms with E-state index in [-0.39, 0.29) is 12.6 Å². The van der Waals surface area contributed by atoms with Gasteiger partial charge in [-0.05, 0) is 6.42 Å². The van der Waals surface area contributed by atoms with Crippen LogP contribution in [0.25, 0.3) is 11.2 Å². The van der Waals surface area contributed by atoms with Gasteiger partial charge in [0.15, 0.2) is 23.2 Å². The number of rotatable bonds is 16. The van der Waals surface area contributed by atoms with Gasteiger partial charge >= 0.3 is 5.97 Å². The number of carbonyl (C=O) groups excluding carboxylic acids is 1. The van der Waals surface area contributed by atoms with Gasteiger partial charge in [0.25, 0.3) is 0 Å². The molecule has 4 atom stereocenters. The van der Waals surface area contributed by atoms with Crippen molar-refractivity contribution in [1.82, 2.24) is 19.5 Å². The molecule has 1 aliphatic rings. The van der Waals surface area contributed by atoms with Crippen LogP contribution < -0.4 is 4.90 Å². The fourth-order valence-corrected chi connectivity index (χ4v) is 4.63. The molecule has 2 aromatic heterocycles. The van der Waals surface area contributed by atoms with E-state index >= 15 is 0 Å². The van der Waals surface area contributed by atoms with Gasteiger partial charge in [-0.3, -0.25) is 9.36 Å². The Bertz CT molecular complexity index is 937. The van der Waals surface area contributed by atoms with Gasteiger partial charge in [0, 0.05) is 20.5 Å². The lowest BCUT2D eigenvalue weighted by Gasteiger charge is -2.17. The van der Waals surface area contributed by atoms with Crippen LogP contribution in [0.5, 0.6) is 0 Å². The van der Waals surface area contributed by atoms with Crippen molar-refractivity contribution < 1.29 is 24.5 Å². The number of carbonyl (C=O) groups is 1. The first-order chi connectivity index (χ1) is 17.4. The van der Waals surface area contributed by atoms with Crippen LogP contribution >= 0.6 is 0 Å². The number of fused-ring (bicyclic) bond motifs is 1. The summed E-state index contributed by atoms with van der Waals surface area (Å²) < 4.78 is 12.8. The summed E-state index contributed by atoms with van der Waals surface area (Å²) in [5.74, 6) is 0.329. The van der Waals surface area contributed by atoms with E-state index < -0.39 is 24.5 Å². The van der Waals surface area contributed by atoms with E-state index in [1.807, 2.05) is 19.0 Å². The molecule has 3 heterocycles. The van der Waals surface area contributed by atoms with Gasteiger partial charge in [0.1, 0.15) is 31.2 Å². The summed E-state index contributed by atoms with van der Waals surface area (Å²) in [5, 5.41) is 21.1. The first-order valence-electron chi connectivity index (χ1n) is 13.5. The van der Waals surface area contributed by atoms with Gasteiger partial charge in [0.05, 0.1) is 6.33 Å². The van der Waals surface area contributed by atoms with Crippen LogP contribution in [0.15, 0.2) is 12.7 Å². The van der Waals surface area contributed by atoms with E-state index in [1.54, 1.807) is 4.57 Å². The molecule has 0 aromatic carbocycles. The summed E-state index contributed by atoms with van der Waals surface area (Å²) in [6.07, 6.45) is 12.5. The monoisotopic (exact) mass is 505 g/mol. The largest absolute Gasteiger partial charge is 0.463 e. The number of hydrogen-bond acceptors (Lipinski definition) is 9. The van der Waals surface area contributed by atoms with Crippen molar-refractivity contribution in [3.8, 4) is 0 Å². The Hall–Kier alpha value is -2.30. The number of hydrogen-bond donors (Lipinski definition) is 2. The van der Waals surface area contributed by atoms with Gasteiger partial charge in [-0.15, -0.1) is 0 Å². The molecule has 0 amide bonds. The lowest BCUT2D eigenvalue weighted by molar-refractivity contribution is -0.150. The molecule has 0 saturated carbocycles. The minimum atomic E-state index is -1.21. The molecule has 202 valence electrons. The molecule has 0 bridgehead atoms. The van der Waals surface area contributed by atoms with E-state index in [2.05, 4.69) is 21.9 Å². The second-order valence-corrected chi connectivity index (χ2v) is 9.93. The summed E-state index contributed by atoms with van der Waals surface area (Å²) in [5.41, 5.74) is 1.05. The van der Waals surface area contributed by atoms with Gasteiger partial charge in [-0.25, -0.2) is 15.0 Å². The normalized spacial score (nSPS) is 21.8. The number of aromatic nitrogens is 4. The molecule has 2 aromatic rings. The molecule has 10 nitrogen and oxygen atoms in total. The number of ether oxygens (including phenoxy) is 2. The smallest absolute Gasteiger partial charge is 0.305 e. The molecule has 3 rings (SSSR count). The molecular weight excluding hydrogens is 462 g/mol. The summed E-state index contributed by atoms with van der Waals surface area (Å²) >= 11 is 0. The Morgan fingerprint density at radius 3 is 2.25 bits per heavy atom. The molecule has 0 radical (unpaired) electrons. The van der Waals surface area contributed by atoms with Crippen molar-refractivity contribution in [2.45, 2.75) is 109 Å². The van der Waals surface area contributed by atoms with Crippen LogP contribution in [0, 0.1) is 0 Å². The predicted octanol–water partition coefficient (Wildman–Crippen LogP) is 3.76. The number of imidazole rings is 1. The Kier molecular flexibility index (Phi) is 11.3. The Balaban J connectivity index is 1.36. The van der Waals surface area contributed by atoms with Gasteiger partial charge in [0.2, 0.25) is 0 Å². The number of aliphatic hydroxyl groups excluding tert-OH is 2. The molecule has 0 spiro atoms. The Morgan fingerprint density at radius 1 is 0.972 bits per heavy atom. The van der Waals surface area contributed by atoms with Crippen LogP contribution in [0.2, 0.25) is 0 Å². The zero-order valence-electron chi connectivity index (χ0n) is 22.0. The molecule has 0 aliphatic carbocycles. The lowest BCUT2D eigenvalue weighted by atomic mass is 10.1. The third-order valence-corrected chi connectivity index (χ3v) is 6.77. The highest BCUT2D eigenvalue weighted by molar-refractivity contribution is 5.83. The number of esters is 1. The van der Waals surface area contributed by atoms with Gasteiger partial charge in [-0.2, -0.15) is 0 Å². The van der Waals surface area contributed by atoms with E-state index in [4.69, 9.17) is 9.47 Å². The van der Waals surface area contributed by atoms with Crippen molar-refractivity contribution in [1.29, 1.82) is 0 Å². The zero-order chi connectivity index (χ0) is 25.9. The average Bonchev–Trinajstić information content (AvgIpc) is 3.41. The standard InChI is InChI=1S/C26H43N5O5/c1-4-5-6-7-8-9-10-11-12-13-14-15-20(32)35-16-19-22(33)23(34)26(36-19)31-18-29-21-24(30(2)3)27-17-28-25(21)31/h17-19,22-23,26,33-34H,4-16H2,1-3H3/t19-,22-,23-,26-/m1/s1. The molecular formula is C26H43N5O5. The quantitative estimate of drug-likeness (QED) is 0.259. The van der Waals surface area contributed by atoms with Crippen molar-refractivity contribution >= 4 is 23.0 Å². The maximum Gasteiger partial charge on any atom is 0.305 e. The number of nitrogens with zero attached hydrogens (tertiary/aromatic N) is 5. The van der Waals surface area contributed by atoms with Gasteiger partial charge < -0.3 is 24.6 Å². The van der Waals surface area contributed by atoms with Crippen LogP contribution in [-0.2, 0) is 14.3 Å². The predicted molar refractivity (Wildman–Crippen MR) is 138 cm³/mol. The van der Waals surface area contributed by atoms with Crippen molar-refractivity contribution in [2.75, 3.05) is 25.6 Å². The van der Waals surface area contributed by atoms with E-state index in [0.717, 1.165) is 19.3 Å². The first kappa shape index (κ1) is 28.3. The Morgan fingerprint density at radius 2 is 1.61 bits per heavy atom. The van der Waals surface area contributed by atoms with Gasteiger partial charge in [-0.1, -0.05) is 71.1 Å². The summed E-state index contributed by atoms with van der Waals surface area (Å²) in [6, 6.07) is 0. The first-order valence-corrected chi connectivity index (χ1v) is 13.5. The molecule has 1 saturated heterocycles. The van der Waals surface area contributed by atoms with E-state index in [9.17, 15) is 15.0 Å². The van der Waals surface area contributed by atoms with E-state index in [1.165, 1.54) is 64.0 Å². The number of unbranched alkanes of at least 4 members (excludes halogenated alkanes) is 10. The third-order valence-electron chi connectivity index (χ3n) is 6.77. The Labute approximate surface area is 214 Å². The topological polar surface area (TPSA) is 123 Å². The molecule has 10 heteroatoms. The number of anilines is 1. The van der Waals surface area contributed by atoms with Crippen molar-refractivity contribution in [3.05, 3.63) is 12.7 Å². The van der Waals surface area contributed by atoms with Crippen molar-refractivity contribution in [2.24, 2.45) is 0 Å². The number of aliphatic hydroxyl groups is 2. The SMILES string of the molecule is CCCCCCCCCCCCCC(=O)OC[C@H]1O[C@@H](n2cnc3c(N(C)C)ncnc32)[C@H](O)[C@@H]1O. The van der Waals surface area contributed by atoms with Crippen LogP contribution in [0.3, 0.4) is 0 Å². The van der Waals surface area contributed by atoms with Crippen molar-refractivity contribution in [3.63, 3.8) is 0 Å². The third kappa shape index (κ3) is 7.60. The maximum atomic E-state index is 12.2. The van der Waals surface area contributed by atoms with Crippen LogP contribution in [0.4, 0.5) is 5.82 Å². The molecule has 2 N–H and O–H groups in total. The van der Waals surface area contributed by atoms with E-state index in [0.29, 0.717) is 23.4 Å². The fraction of sp³-hybridized carbons (Fsp3) is 0.769. The molecule has 1 fully saturated rings. The summed E-state index contributed by atoms with van der Waals surface area (Å²) in [4.78, 5) is 26.9. The molecule has 36 heavy (non-hydrogen) atoms. The minimum Gasteiger partial charge on any atom is -0.463 e. The second-order valence-electron chi connectivity index (χ2n) is 9.93. The molecule has 1 aliphatic heterocycles. The summed E-state index contributed by atoms with van der Waals surface area (Å²) in [7, 11) is 3.71. The average molecular weight is 506 g/mol. The summed E-state index contributed by atoms with van der Waals surface area (Å²) in [6.45, 7) is 2.12. The fourth-order valence-electron chi connectivity index (χ4n) is 4.63. The highest BCUT2D eigenvalue weighted by atomic mass is 16.6. The van der Waals surface area contributed by atoms with Crippen LogP contribution in [0.1, 0.15) is 90.2 Å². The minimum absolute atomic E-state index is 0.115. The lowest BCUT2D eigenvalue weighted by Crippen LogP contribution is -2.34. The van der Waals surface area contributed by atoms with Crippen LogP contribution in [-0.4, -0.2) is 74.7 Å².